The molecular formula is C42H80Cl2N4O2. The van der Waals surface area contributed by atoms with E-state index in [1.807, 2.05) is 0 Å². The van der Waals surface area contributed by atoms with Crippen molar-refractivity contribution in [3.8, 4) is 0 Å². The molecule has 0 radical (unpaired) electrons. The average molecular weight is 744 g/mol. The first-order chi connectivity index (χ1) is 23.8. The number of unbranched alkanes of at least 4 members (excludes halogenated alkanes) is 25. The Morgan fingerprint density at radius 2 is 0.660 bits per heavy atom. The molecule has 0 spiro atoms. The standard InChI is InChI=1S/C42H80N4O2.2ClH/c1-3-5-7-9-11-13-15-17-19-21-23-27-31-43-33-35-45(39-43)41-47-37-29-25-26-30-38-48-42-46-36-34-44(40-46)32-28-24-22-20-18-16-14-12-10-8-6-4-2;;/h33-36,39-40H,3-32,37-38,41-42H2,1-2H3;2*1H/q+2;;/p-2. The Labute approximate surface area is 322 Å². The molecular weight excluding hydrogens is 663 g/mol. The van der Waals surface area contributed by atoms with Crippen LogP contribution in [0.1, 0.15) is 194 Å². The number of hydrogen-bond acceptors (Lipinski definition) is 2. The first kappa shape index (κ1) is 48.9. The molecule has 0 amide bonds. The highest BCUT2D eigenvalue weighted by molar-refractivity contribution is 4.67. The van der Waals surface area contributed by atoms with Gasteiger partial charge >= 0.3 is 0 Å². The second-order valence-corrected chi connectivity index (χ2v) is 14.6. The Morgan fingerprint density at radius 1 is 0.380 bits per heavy atom. The highest BCUT2D eigenvalue weighted by Crippen LogP contribution is 2.13. The summed E-state index contributed by atoms with van der Waals surface area (Å²) in [4.78, 5) is 0. The number of hydrogen-bond donors (Lipinski definition) is 0. The first-order valence-corrected chi connectivity index (χ1v) is 21.1. The lowest BCUT2D eigenvalue weighted by molar-refractivity contribution is -0.732. The predicted molar refractivity (Wildman–Crippen MR) is 202 cm³/mol. The lowest BCUT2D eigenvalue weighted by atomic mass is 10.1. The molecule has 2 aromatic rings. The summed E-state index contributed by atoms with van der Waals surface area (Å²) >= 11 is 0. The quantitative estimate of drug-likeness (QED) is 0.0680. The summed E-state index contributed by atoms with van der Waals surface area (Å²) < 4.78 is 20.8. The third-order valence-corrected chi connectivity index (χ3v) is 9.84. The fraction of sp³-hybridized carbons (Fsp3) is 0.857. The van der Waals surface area contributed by atoms with Crippen LogP contribution in [0.2, 0.25) is 0 Å². The molecule has 0 saturated carbocycles. The zero-order valence-electron chi connectivity index (χ0n) is 32.9. The summed E-state index contributed by atoms with van der Waals surface area (Å²) in [6, 6.07) is 0. The minimum atomic E-state index is 0. The molecule has 2 aromatic heterocycles. The molecule has 0 aromatic carbocycles. The molecule has 0 bridgehead atoms. The summed E-state index contributed by atoms with van der Waals surface area (Å²) in [5.41, 5.74) is 0. The molecule has 2 heterocycles. The van der Waals surface area contributed by atoms with E-state index in [4.69, 9.17) is 9.47 Å². The smallest absolute Gasteiger partial charge is 0.245 e. The fourth-order valence-electron chi connectivity index (χ4n) is 6.67. The van der Waals surface area contributed by atoms with Crippen LogP contribution in [-0.2, 0) is 36.0 Å². The van der Waals surface area contributed by atoms with Crippen LogP contribution < -0.4 is 33.9 Å². The van der Waals surface area contributed by atoms with Gasteiger partial charge in [-0.05, 0) is 38.5 Å². The molecule has 8 heteroatoms. The van der Waals surface area contributed by atoms with Crippen molar-refractivity contribution in [2.45, 2.75) is 220 Å². The van der Waals surface area contributed by atoms with Crippen molar-refractivity contribution in [2.24, 2.45) is 0 Å². The summed E-state index contributed by atoms with van der Waals surface area (Å²) in [6.45, 7) is 9.81. The number of imidazole rings is 2. The van der Waals surface area contributed by atoms with Gasteiger partial charge in [-0.1, -0.05) is 155 Å². The van der Waals surface area contributed by atoms with Gasteiger partial charge in [0.2, 0.25) is 12.7 Å². The second kappa shape index (κ2) is 37.7. The molecule has 0 unspecified atom stereocenters. The van der Waals surface area contributed by atoms with Crippen LogP contribution in [0.25, 0.3) is 0 Å². The molecule has 0 fully saturated rings. The lowest BCUT2D eigenvalue weighted by Gasteiger charge is -2.04. The van der Waals surface area contributed by atoms with E-state index in [0.29, 0.717) is 13.5 Å². The highest BCUT2D eigenvalue weighted by atomic mass is 35.5. The van der Waals surface area contributed by atoms with Crippen LogP contribution >= 0.6 is 0 Å². The van der Waals surface area contributed by atoms with E-state index in [2.05, 4.69) is 69.6 Å². The summed E-state index contributed by atoms with van der Waals surface area (Å²) in [5, 5.41) is 0. The Kier molecular flexibility index (Phi) is 36.9. The third-order valence-electron chi connectivity index (χ3n) is 9.84. The van der Waals surface area contributed by atoms with Crippen LogP contribution in [0.15, 0.2) is 37.4 Å². The van der Waals surface area contributed by atoms with Crippen molar-refractivity contribution in [3.63, 3.8) is 0 Å². The Morgan fingerprint density at radius 3 is 0.980 bits per heavy atom. The minimum Gasteiger partial charge on any atom is -1.00 e. The van der Waals surface area contributed by atoms with Gasteiger partial charge in [-0.25, -0.2) is 18.3 Å². The summed E-state index contributed by atoms with van der Waals surface area (Å²) in [6.07, 6.45) is 51.4. The number of aryl methyl sites for hydroxylation is 2. The molecule has 50 heavy (non-hydrogen) atoms. The van der Waals surface area contributed by atoms with Gasteiger partial charge in [-0.2, -0.15) is 0 Å². The van der Waals surface area contributed by atoms with Crippen LogP contribution in [0, 0.1) is 0 Å². The Balaban J connectivity index is 0.0000120. The normalized spacial score (nSPS) is 11.2. The molecule has 0 aliphatic carbocycles. The second-order valence-electron chi connectivity index (χ2n) is 14.6. The molecule has 6 nitrogen and oxygen atoms in total. The van der Waals surface area contributed by atoms with Crippen LogP contribution in [0.5, 0.6) is 0 Å². The third kappa shape index (κ3) is 29.5. The largest absolute Gasteiger partial charge is 1.00 e. The summed E-state index contributed by atoms with van der Waals surface area (Å²) in [5.74, 6) is 0. The fourth-order valence-corrected chi connectivity index (χ4v) is 6.67. The van der Waals surface area contributed by atoms with E-state index >= 15 is 0 Å². The maximum absolute atomic E-state index is 5.93. The average Bonchev–Trinajstić information content (AvgIpc) is 3.76. The molecule has 294 valence electrons. The molecule has 0 aliphatic heterocycles. The van der Waals surface area contributed by atoms with Gasteiger partial charge in [-0.15, -0.1) is 0 Å². The van der Waals surface area contributed by atoms with E-state index in [-0.39, 0.29) is 24.8 Å². The van der Waals surface area contributed by atoms with E-state index in [9.17, 15) is 0 Å². The van der Waals surface area contributed by atoms with Crippen LogP contribution in [0.4, 0.5) is 0 Å². The zero-order chi connectivity index (χ0) is 34.0. The monoisotopic (exact) mass is 743 g/mol. The topological polar surface area (TPSA) is 36.1 Å². The molecule has 2 rings (SSSR count). The van der Waals surface area contributed by atoms with E-state index in [0.717, 1.165) is 39.1 Å². The molecule has 0 atom stereocenters. The van der Waals surface area contributed by atoms with E-state index in [1.165, 1.54) is 167 Å². The van der Waals surface area contributed by atoms with E-state index < -0.39 is 0 Å². The van der Waals surface area contributed by atoms with Crippen LogP contribution in [-0.4, -0.2) is 22.3 Å². The van der Waals surface area contributed by atoms with Crippen molar-refractivity contribution in [2.75, 3.05) is 13.2 Å². The number of halogens is 2. The number of rotatable bonds is 37. The Bertz CT molecular complexity index is 864. The first-order valence-electron chi connectivity index (χ1n) is 21.1. The number of ether oxygens (including phenoxy) is 2. The van der Waals surface area contributed by atoms with Gasteiger partial charge in [0, 0.05) is 0 Å². The zero-order valence-corrected chi connectivity index (χ0v) is 34.4. The van der Waals surface area contributed by atoms with Gasteiger partial charge in [0.05, 0.1) is 26.3 Å². The Hall–Kier alpha value is -1.08. The van der Waals surface area contributed by atoms with Gasteiger partial charge in [-0.3, -0.25) is 0 Å². The van der Waals surface area contributed by atoms with Crippen LogP contribution in [0.3, 0.4) is 0 Å². The maximum atomic E-state index is 5.93. The molecule has 0 aliphatic rings. The summed E-state index contributed by atoms with van der Waals surface area (Å²) in [7, 11) is 0. The minimum absolute atomic E-state index is 0. The molecule has 0 saturated heterocycles. The number of nitrogens with zero attached hydrogens (tertiary/aromatic N) is 4. The maximum Gasteiger partial charge on any atom is 0.245 e. The van der Waals surface area contributed by atoms with Gasteiger partial charge in [0.1, 0.15) is 24.8 Å². The lowest BCUT2D eigenvalue weighted by Crippen LogP contribution is -3.00. The van der Waals surface area contributed by atoms with Gasteiger partial charge < -0.3 is 34.3 Å². The van der Waals surface area contributed by atoms with Crippen molar-refractivity contribution in [3.05, 3.63) is 37.4 Å². The van der Waals surface area contributed by atoms with Crippen molar-refractivity contribution in [1.82, 2.24) is 9.13 Å². The van der Waals surface area contributed by atoms with Crippen molar-refractivity contribution in [1.29, 1.82) is 0 Å². The van der Waals surface area contributed by atoms with E-state index in [1.54, 1.807) is 0 Å². The predicted octanol–water partition coefficient (Wildman–Crippen LogP) is 5.48. The van der Waals surface area contributed by atoms with Crippen molar-refractivity contribution >= 4 is 0 Å². The molecule has 0 N–H and O–H groups in total. The number of aromatic nitrogens is 4. The van der Waals surface area contributed by atoms with Gasteiger partial charge in [0.15, 0.2) is 13.5 Å². The van der Waals surface area contributed by atoms with Gasteiger partial charge in [0.25, 0.3) is 0 Å². The highest BCUT2D eigenvalue weighted by Gasteiger charge is 2.05. The SMILES string of the molecule is CCCCCCCCCCCCCCn1cc[n+](COCCCCCCOC[n+]2ccn(CCCCCCCCCCCCCC)c2)c1.[Cl-].[Cl-]. The van der Waals surface area contributed by atoms with Crippen molar-refractivity contribution < 1.29 is 43.4 Å².